The lowest BCUT2D eigenvalue weighted by Crippen LogP contribution is -2.04. The maximum Gasteiger partial charge on any atom is 0.449 e. The van der Waals surface area contributed by atoms with Gasteiger partial charge < -0.3 is 4.42 Å². The summed E-state index contributed by atoms with van der Waals surface area (Å²) in [4.78, 5) is 0. The molecular weight excluding hydrogens is 181 g/mol. The Hall–Kier alpha value is -0.930. The van der Waals surface area contributed by atoms with E-state index in [0.717, 1.165) is 0 Å². The summed E-state index contributed by atoms with van der Waals surface area (Å²) in [5.74, 6) is -0.607. The molecule has 1 nitrogen and oxygen atoms in total. The van der Waals surface area contributed by atoms with Crippen LogP contribution in [0.4, 0.5) is 13.2 Å². The summed E-state index contributed by atoms with van der Waals surface area (Å²) in [6.07, 6.45) is -4.36. The minimum Gasteiger partial charge on any atom is -0.457 e. The van der Waals surface area contributed by atoms with Crippen LogP contribution in [0.25, 0.3) is 0 Å². The second-order valence-corrected chi connectivity index (χ2v) is 2.37. The molecule has 0 aromatic carbocycles. The van der Waals surface area contributed by atoms with Gasteiger partial charge in [0.1, 0.15) is 5.76 Å². The SMILES string of the molecule is CC.Cc1cc(C)c(C(F)(F)F)o1. The number of halogens is 3. The van der Waals surface area contributed by atoms with Gasteiger partial charge in [0.2, 0.25) is 5.76 Å². The van der Waals surface area contributed by atoms with Crippen LogP contribution in [0, 0.1) is 13.8 Å². The summed E-state index contributed by atoms with van der Waals surface area (Å²) in [7, 11) is 0. The number of rotatable bonds is 0. The lowest BCUT2D eigenvalue weighted by Gasteiger charge is -2.01. The lowest BCUT2D eigenvalue weighted by atomic mass is 10.2. The topological polar surface area (TPSA) is 13.1 Å². The van der Waals surface area contributed by atoms with Gasteiger partial charge in [-0.25, -0.2) is 0 Å². The molecular formula is C9H13F3O. The van der Waals surface area contributed by atoms with Gasteiger partial charge in [-0.3, -0.25) is 0 Å². The molecule has 0 spiro atoms. The molecule has 1 heterocycles. The van der Waals surface area contributed by atoms with Crippen LogP contribution >= 0.6 is 0 Å². The third-order valence-electron chi connectivity index (χ3n) is 1.30. The van der Waals surface area contributed by atoms with Gasteiger partial charge in [-0.05, 0) is 19.9 Å². The van der Waals surface area contributed by atoms with Crippen molar-refractivity contribution in [3.8, 4) is 0 Å². The third-order valence-corrected chi connectivity index (χ3v) is 1.30. The third kappa shape index (κ3) is 3.13. The molecule has 0 atom stereocenters. The fourth-order valence-electron chi connectivity index (χ4n) is 0.923. The molecule has 0 N–H and O–H groups in total. The molecule has 13 heavy (non-hydrogen) atoms. The summed E-state index contributed by atoms with van der Waals surface area (Å²) in [6.45, 7) is 6.86. The van der Waals surface area contributed by atoms with Crippen LogP contribution in [0.5, 0.6) is 0 Å². The molecule has 1 rings (SSSR count). The molecule has 0 amide bonds. The second kappa shape index (κ2) is 4.35. The van der Waals surface area contributed by atoms with Crippen molar-refractivity contribution in [2.45, 2.75) is 33.9 Å². The van der Waals surface area contributed by atoms with E-state index in [-0.39, 0.29) is 11.3 Å². The molecule has 0 aliphatic rings. The molecule has 1 aromatic rings. The summed E-state index contributed by atoms with van der Waals surface area (Å²) < 4.78 is 40.4. The molecule has 0 aliphatic carbocycles. The van der Waals surface area contributed by atoms with Crippen molar-refractivity contribution >= 4 is 0 Å². The zero-order valence-corrected chi connectivity index (χ0v) is 8.12. The summed E-state index contributed by atoms with van der Waals surface area (Å²) in [6, 6.07) is 1.36. The van der Waals surface area contributed by atoms with Gasteiger partial charge in [-0.15, -0.1) is 0 Å². The number of hydrogen-bond donors (Lipinski definition) is 0. The zero-order chi connectivity index (χ0) is 10.6. The Labute approximate surface area is 75.6 Å². The summed E-state index contributed by atoms with van der Waals surface area (Å²) in [5, 5.41) is 0. The van der Waals surface area contributed by atoms with E-state index in [1.54, 1.807) is 0 Å². The molecule has 0 bridgehead atoms. The maximum atomic E-state index is 12.0. The first kappa shape index (κ1) is 12.1. The van der Waals surface area contributed by atoms with Crippen LogP contribution in [0.15, 0.2) is 10.5 Å². The average Bonchev–Trinajstić information content (AvgIpc) is 2.33. The summed E-state index contributed by atoms with van der Waals surface area (Å²) in [5.41, 5.74) is 0.134. The van der Waals surface area contributed by atoms with Crippen molar-refractivity contribution in [2.75, 3.05) is 0 Å². The molecule has 0 aliphatic heterocycles. The molecule has 0 saturated carbocycles. The number of alkyl halides is 3. The molecule has 1 aromatic heterocycles. The average molecular weight is 194 g/mol. The number of furan rings is 1. The van der Waals surface area contributed by atoms with E-state index in [9.17, 15) is 13.2 Å². The smallest absolute Gasteiger partial charge is 0.449 e. The van der Waals surface area contributed by atoms with E-state index in [0.29, 0.717) is 0 Å². The van der Waals surface area contributed by atoms with Gasteiger partial charge in [-0.2, -0.15) is 13.2 Å². The van der Waals surface area contributed by atoms with Gasteiger partial charge in [0.05, 0.1) is 0 Å². The molecule has 4 heteroatoms. The van der Waals surface area contributed by atoms with Gasteiger partial charge in [0, 0.05) is 5.56 Å². The van der Waals surface area contributed by atoms with Crippen molar-refractivity contribution in [2.24, 2.45) is 0 Å². The largest absolute Gasteiger partial charge is 0.457 e. The van der Waals surface area contributed by atoms with Crippen LogP contribution in [0.2, 0.25) is 0 Å². The highest BCUT2D eigenvalue weighted by atomic mass is 19.4. The summed E-state index contributed by atoms with van der Waals surface area (Å²) >= 11 is 0. The first-order chi connectivity index (χ1) is 5.91. The van der Waals surface area contributed by atoms with Crippen LogP contribution in [-0.2, 0) is 6.18 Å². The van der Waals surface area contributed by atoms with Crippen molar-refractivity contribution in [3.63, 3.8) is 0 Å². The Bertz CT molecular complexity index is 260. The molecule has 0 fully saturated rings. The van der Waals surface area contributed by atoms with Crippen molar-refractivity contribution < 1.29 is 17.6 Å². The van der Waals surface area contributed by atoms with Gasteiger partial charge in [-0.1, -0.05) is 13.8 Å². The maximum absolute atomic E-state index is 12.0. The van der Waals surface area contributed by atoms with Gasteiger partial charge in [0.25, 0.3) is 0 Å². The fraction of sp³-hybridized carbons (Fsp3) is 0.556. The molecule has 0 unspecified atom stereocenters. The minimum absolute atomic E-state index is 0.134. The van der Waals surface area contributed by atoms with E-state index in [2.05, 4.69) is 4.42 Å². The highest BCUT2D eigenvalue weighted by Gasteiger charge is 2.36. The van der Waals surface area contributed by atoms with E-state index in [4.69, 9.17) is 0 Å². The molecule has 0 radical (unpaired) electrons. The quantitative estimate of drug-likeness (QED) is 0.609. The highest BCUT2D eigenvalue weighted by molar-refractivity contribution is 5.21. The lowest BCUT2D eigenvalue weighted by molar-refractivity contribution is -0.153. The van der Waals surface area contributed by atoms with Crippen LogP contribution in [0.3, 0.4) is 0 Å². The van der Waals surface area contributed by atoms with Crippen molar-refractivity contribution in [1.82, 2.24) is 0 Å². The van der Waals surface area contributed by atoms with Gasteiger partial charge in [0.15, 0.2) is 0 Å². The number of hydrogen-bond acceptors (Lipinski definition) is 1. The highest BCUT2D eigenvalue weighted by Crippen LogP contribution is 2.33. The first-order valence-electron chi connectivity index (χ1n) is 4.05. The monoisotopic (exact) mass is 194 g/mol. The van der Waals surface area contributed by atoms with E-state index < -0.39 is 11.9 Å². The Balaban J connectivity index is 0.000000671. The predicted octanol–water partition coefficient (Wildman–Crippen LogP) is 3.94. The second-order valence-electron chi connectivity index (χ2n) is 2.37. The van der Waals surface area contributed by atoms with Gasteiger partial charge >= 0.3 is 6.18 Å². The fourth-order valence-corrected chi connectivity index (χ4v) is 0.923. The normalized spacial score (nSPS) is 10.7. The molecule has 76 valence electrons. The number of aryl methyl sites for hydroxylation is 2. The van der Waals surface area contributed by atoms with E-state index in [1.165, 1.54) is 19.9 Å². The standard InChI is InChI=1S/C7H7F3O.C2H6/c1-4-3-5(2)11-6(4)7(8,9)10;1-2/h3H,1-2H3;1-2H3. The Morgan fingerprint density at radius 3 is 1.77 bits per heavy atom. The van der Waals surface area contributed by atoms with Crippen molar-refractivity contribution in [1.29, 1.82) is 0 Å². The first-order valence-corrected chi connectivity index (χ1v) is 4.05. The molecule has 0 saturated heterocycles. The predicted molar refractivity (Wildman–Crippen MR) is 44.5 cm³/mol. The van der Waals surface area contributed by atoms with E-state index >= 15 is 0 Å². The minimum atomic E-state index is -4.36. The van der Waals surface area contributed by atoms with Crippen LogP contribution < -0.4 is 0 Å². The zero-order valence-electron chi connectivity index (χ0n) is 8.12. The van der Waals surface area contributed by atoms with Crippen LogP contribution in [0.1, 0.15) is 30.9 Å². The Kier molecular flexibility index (Phi) is 4.04. The Morgan fingerprint density at radius 2 is 1.62 bits per heavy atom. The van der Waals surface area contributed by atoms with Crippen molar-refractivity contribution in [3.05, 3.63) is 23.2 Å². The van der Waals surface area contributed by atoms with Crippen LogP contribution in [-0.4, -0.2) is 0 Å². The van der Waals surface area contributed by atoms with E-state index in [1.807, 2.05) is 13.8 Å². The Morgan fingerprint density at radius 1 is 1.15 bits per heavy atom.